The maximum atomic E-state index is 12.8. The van der Waals surface area contributed by atoms with Crippen molar-refractivity contribution in [3.05, 3.63) is 65.7 Å². The minimum atomic E-state index is -0.205. The highest BCUT2D eigenvalue weighted by Gasteiger charge is 2.27. The third-order valence-corrected chi connectivity index (χ3v) is 5.89. The zero-order valence-electron chi connectivity index (χ0n) is 17.8. The molecule has 1 amide bonds. The van der Waals surface area contributed by atoms with Gasteiger partial charge in [0.1, 0.15) is 6.10 Å². The molecule has 1 aliphatic heterocycles. The number of anilines is 1. The van der Waals surface area contributed by atoms with Gasteiger partial charge in [-0.1, -0.05) is 36.4 Å². The average Bonchev–Trinajstić information content (AvgIpc) is 2.96. The first-order valence-electron chi connectivity index (χ1n) is 10.7. The van der Waals surface area contributed by atoms with Crippen molar-refractivity contribution in [3.63, 3.8) is 0 Å². The Balaban J connectivity index is 1.50. The molecule has 2 unspecified atom stereocenters. The van der Waals surface area contributed by atoms with E-state index in [1.165, 1.54) is 11.1 Å². The smallest absolute Gasteiger partial charge is 0.231 e. The molecule has 0 aromatic heterocycles. The molecular formula is C25H30N2O3. The molecule has 2 aliphatic rings. The predicted octanol–water partition coefficient (Wildman–Crippen LogP) is 4.43. The van der Waals surface area contributed by atoms with Gasteiger partial charge < -0.3 is 19.7 Å². The molecule has 1 heterocycles. The molecule has 2 atom stereocenters. The van der Waals surface area contributed by atoms with E-state index in [-0.39, 0.29) is 17.9 Å². The molecule has 0 radical (unpaired) electrons. The summed E-state index contributed by atoms with van der Waals surface area (Å²) in [7, 11) is 3.84. The second-order valence-electron chi connectivity index (χ2n) is 8.18. The van der Waals surface area contributed by atoms with Crippen LogP contribution in [-0.4, -0.2) is 37.6 Å². The maximum absolute atomic E-state index is 12.8. The summed E-state index contributed by atoms with van der Waals surface area (Å²) in [5.74, 6) is 1.43. The van der Waals surface area contributed by atoms with E-state index >= 15 is 0 Å². The van der Waals surface area contributed by atoms with Crippen LogP contribution >= 0.6 is 0 Å². The fourth-order valence-electron chi connectivity index (χ4n) is 4.32. The molecular weight excluding hydrogens is 376 g/mol. The quantitative estimate of drug-likeness (QED) is 0.747. The molecule has 0 spiro atoms. The van der Waals surface area contributed by atoms with Crippen LogP contribution in [0.3, 0.4) is 0 Å². The summed E-state index contributed by atoms with van der Waals surface area (Å²) in [5.41, 5.74) is 3.37. The normalized spacial score (nSPS) is 21.4. The summed E-state index contributed by atoms with van der Waals surface area (Å²) in [5, 5.41) is 3.01. The Morgan fingerprint density at radius 3 is 2.80 bits per heavy atom. The van der Waals surface area contributed by atoms with Gasteiger partial charge in [-0.3, -0.25) is 4.79 Å². The van der Waals surface area contributed by atoms with Gasteiger partial charge in [-0.15, -0.1) is 0 Å². The molecule has 4 rings (SSSR count). The summed E-state index contributed by atoms with van der Waals surface area (Å²) < 4.78 is 12.2. The van der Waals surface area contributed by atoms with E-state index in [0.717, 1.165) is 49.5 Å². The monoisotopic (exact) mass is 406 g/mol. The van der Waals surface area contributed by atoms with Crippen molar-refractivity contribution < 1.29 is 14.3 Å². The number of nitrogens with zero attached hydrogens (tertiary/aromatic N) is 1. The van der Waals surface area contributed by atoms with Crippen molar-refractivity contribution in [2.24, 2.45) is 5.92 Å². The number of nitrogens with one attached hydrogen (secondary N) is 1. The number of rotatable bonds is 5. The topological polar surface area (TPSA) is 50.8 Å². The van der Waals surface area contributed by atoms with Crippen molar-refractivity contribution in [1.82, 2.24) is 4.90 Å². The number of fused-ring (bicyclic) bond motifs is 1. The van der Waals surface area contributed by atoms with Crippen LogP contribution in [0.2, 0.25) is 0 Å². The molecule has 2 aromatic rings. The molecule has 1 aliphatic carbocycles. The van der Waals surface area contributed by atoms with Gasteiger partial charge in [0.15, 0.2) is 11.5 Å². The molecule has 2 aromatic carbocycles. The summed E-state index contributed by atoms with van der Waals surface area (Å²) in [6.07, 6.45) is 7.53. The van der Waals surface area contributed by atoms with Crippen LogP contribution < -0.4 is 14.8 Å². The van der Waals surface area contributed by atoms with Crippen LogP contribution in [0, 0.1) is 5.92 Å². The first-order valence-corrected chi connectivity index (χ1v) is 10.7. The Morgan fingerprint density at radius 2 is 2.00 bits per heavy atom. The first kappa shape index (κ1) is 20.5. The molecule has 0 fully saturated rings. The van der Waals surface area contributed by atoms with Gasteiger partial charge in [-0.25, -0.2) is 0 Å². The second-order valence-corrected chi connectivity index (χ2v) is 8.18. The van der Waals surface area contributed by atoms with Gasteiger partial charge in [0, 0.05) is 24.2 Å². The number of benzene rings is 2. The zero-order chi connectivity index (χ0) is 20.9. The van der Waals surface area contributed by atoms with Crippen LogP contribution in [0.15, 0.2) is 54.6 Å². The predicted molar refractivity (Wildman–Crippen MR) is 119 cm³/mol. The van der Waals surface area contributed by atoms with Gasteiger partial charge in [-0.2, -0.15) is 0 Å². The lowest BCUT2D eigenvalue weighted by Gasteiger charge is -2.27. The molecule has 0 bridgehead atoms. The molecule has 5 heteroatoms. The third kappa shape index (κ3) is 4.68. The lowest BCUT2D eigenvalue weighted by Crippen LogP contribution is -2.30. The van der Waals surface area contributed by atoms with Crippen LogP contribution in [0.4, 0.5) is 5.69 Å². The fourth-order valence-corrected chi connectivity index (χ4v) is 4.32. The van der Waals surface area contributed by atoms with Crippen LogP contribution in [-0.2, 0) is 17.8 Å². The highest BCUT2D eigenvalue weighted by atomic mass is 16.5. The van der Waals surface area contributed by atoms with Gasteiger partial charge in [0.05, 0.1) is 13.0 Å². The molecule has 30 heavy (non-hydrogen) atoms. The molecule has 0 saturated carbocycles. The standard InChI is InChI=1S/C25H30N2O3/c1-27-15-7-12-22-19(17-27)13-14-23(29-2)24(22)30-21-11-6-8-18(16-21)25(28)26-20-9-4-3-5-10-20/h3-6,8-10,13-14,18,21H,7,11-12,15-17H2,1-2H3,(H,26,28). The lowest BCUT2D eigenvalue weighted by atomic mass is 9.92. The van der Waals surface area contributed by atoms with E-state index in [0.29, 0.717) is 6.42 Å². The number of para-hydroxylation sites is 1. The van der Waals surface area contributed by atoms with Crippen LogP contribution in [0.25, 0.3) is 0 Å². The Morgan fingerprint density at radius 1 is 1.17 bits per heavy atom. The van der Waals surface area contributed by atoms with E-state index in [4.69, 9.17) is 9.47 Å². The van der Waals surface area contributed by atoms with E-state index < -0.39 is 0 Å². The minimum absolute atomic E-state index is 0.00577. The van der Waals surface area contributed by atoms with E-state index in [1.54, 1.807) is 7.11 Å². The Bertz CT molecular complexity index is 910. The van der Waals surface area contributed by atoms with Gasteiger partial charge >= 0.3 is 0 Å². The minimum Gasteiger partial charge on any atom is -0.493 e. The number of methoxy groups -OCH3 is 1. The molecule has 158 valence electrons. The number of amides is 1. The summed E-state index contributed by atoms with van der Waals surface area (Å²) in [4.78, 5) is 15.1. The van der Waals surface area contributed by atoms with Crippen LogP contribution in [0.1, 0.15) is 30.4 Å². The first-order chi connectivity index (χ1) is 14.6. The number of carbonyl (C=O) groups is 1. The third-order valence-electron chi connectivity index (χ3n) is 5.89. The van der Waals surface area contributed by atoms with Crippen molar-refractivity contribution in [2.75, 3.05) is 26.0 Å². The number of carbonyl (C=O) groups excluding carboxylic acids is 1. The number of hydrogen-bond donors (Lipinski definition) is 1. The van der Waals surface area contributed by atoms with Crippen molar-refractivity contribution in [3.8, 4) is 11.5 Å². The number of hydrogen-bond acceptors (Lipinski definition) is 4. The molecule has 0 saturated heterocycles. The summed E-state index contributed by atoms with van der Waals surface area (Å²) in [6.45, 7) is 1.99. The maximum Gasteiger partial charge on any atom is 0.231 e. The van der Waals surface area contributed by atoms with E-state index in [9.17, 15) is 4.79 Å². The van der Waals surface area contributed by atoms with E-state index in [1.807, 2.05) is 42.5 Å². The molecule has 5 nitrogen and oxygen atoms in total. The van der Waals surface area contributed by atoms with E-state index in [2.05, 4.69) is 29.4 Å². The lowest BCUT2D eigenvalue weighted by molar-refractivity contribution is -0.119. The van der Waals surface area contributed by atoms with Gasteiger partial charge in [0.2, 0.25) is 5.91 Å². The largest absolute Gasteiger partial charge is 0.493 e. The van der Waals surface area contributed by atoms with Crippen molar-refractivity contribution in [2.45, 2.75) is 38.3 Å². The second kappa shape index (κ2) is 9.35. The van der Waals surface area contributed by atoms with Gasteiger partial charge in [-0.05, 0) is 56.6 Å². The number of ether oxygens (including phenoxy) is 2. The average molecular weight is 407 g/mol. The highest BCUT2D eigenvalue weighted by Crippen LogP contribution is 2.38. The van der Waals surface area contributed by atoms with Crippen LogP contribution in [0.5, 0.6) is 11.5 Å². The highest BCUT2D eigenvalue weighted by molar-refractivity contribution is 5.93. The Kier molecular flexibility index (Phi) is 6.38. The fraction of sp³-hybridized carbons (Fsp3) is 0.400. The Hall–Kier alpha value is -2.79. The summed E-state index contributed by atoms with van der Waals surface area (Å²) >= 11 is 0. The van der Waals surface area contributed by atoms with Gasteiger partial charge in [0.25, 0.3) is 0 Å². The Labute approximate surface area is 178 Å². The van der Waals surface area contributed by atoms with Crippen molar-refractivity contribution >= 4 is 11.6 Å². The van der Waals surface area contributed by atoms with Crippen molar-refractivity contribution in [1.29, 1.82) is 0 Å². The SMILES string of the molecule is COc1ccc2c(c1OC1CC=CC(C(=O)Nc3ccccc3)C1)CCCN(C)C2. The summed E-state index contributed by atoms with van der Waals surface area (Å²) in [6, 6.07) is 13.7. The molecule has 1 N–H and O–H groups in total. The zero-order valence-corrected chi connectivity index (χ0v) is 17.8.